The molecule has 2 heterocycles. The molecular weight excluding hydrogens is 322 g/mol. The maximum atomic E-state index is 5.99. The lowest BCUT2D eigenvalue weighted by Gasteiger charge is -2.18. The van der Waals surface area contributed by atoms with Gasteiger partial charge >= 0.3 is 0 Å². The van der Waals surface area contributed by atoms with E-state index in [0.717, 1.165) is 27.7 Å². The molecule has 0 aliphatic rings. The molecule has 0 saturated carbocycles. The zero-order chi connectivity index (χ0) is 18.3. The highest BCUT2D eigenvalue weighted by molar-refractivity contribution is 5.92. The van der Waals surface area contributed by atoms with Gasteiger partial charge in [0.25, 0.3) is 0 Å². The number of fused-ring (bicyclic) bond motifs is 1. The molecule has 26 heavy (non-hydrogen) atoms. The van der Waals surface area contributed by atoms with Gasteiger partial charge in [0.15, 0.2) is 0 Å². The Morgan fingerprint density at radius 2 is 1.54 bits per heavy atom. The summed E-state index contributed by atoms with van der Waals surface area (Å²) in [5, 5.41) is 9.55. The third kappa shape index (κ3) is 2.99. The lowest BCUT2D eigenvalue weighted by atomic mass is 9.87. The standard InChI is InChI=1S/C22H21N3O/c1-14-13-18(17-7-5-6-8-19(17)23-14)21-25-24-20(26-21)15-9-11-16(12-10-15)22(2,3)4/h5-13H,1-4H3. The van der Waals surface area contributed by atoms with Gasteiger partial charge in [-0.1, -0.05) is 51.1 Å². The number of aromatic nitrogens is 3. The summed E-state index contributed by atoms with van der Waals surface area (Å²) in [7, 11) is 0. The Labute approximate surface area is 152 Å². The van der Waals surface area contributed by atoms with Crippen molar-refractivity contribution < 1.29 is 4.42 Å². The third-order valence-electron chi connectivity index (χ3n) is 4.50. The summed E-state index contributed by atoms with van der Waals surface area (Å²) in [5.74, 6) is 1.04. The van der Waals surface area contributed by atoms with Gasteiger partial charge in [-0.15, -0.1) is 10.2 Å². The van der Waals surface area contributed by atoms with Gasteiger partial charge in [-0.2, -0.15) is 0 Å². The summed E-state index contributed by atoms with van der Waals surface area (Å²) >= 11 is 0. The predicted octanol–water partition coefficient (Wildman–Crippen LogP) is 5.56. The fourth-order valence-corrected chi connectivity index (χ4v) is 3.05. The van der Waals surface area contributed by atoms with Crippen LogP contribution in [0.1, 0.15) is 32.0 Å². The first kappa shape index (κ1) is 16.5. The largest absolute Gasteiger partial charge is 0.416 e. The molecule has 4 aromatic rings. The Balaban J connectivity index is 1.75. The molecule has 0 spiro atoms. The molecule has 2 aromatic heterocycles. The quantitative estimate of drug-likeness (QED) is 0.478. The van der Waals surface area contributed by atoms with E-state index < -0.39 is 0 Å². The van der Waals surface area contributed by atoms with Gasteiger partial charge < -0.3 is 4.42 Å². The van der Waals surface area contributed by atoms with E-state index in [0.29, 0.717) is 11.8 Å². The smallest absolute Gasteiger partial charge is 0.248 e. The van der Waals surface area contributed by atoms with E-state index in [9.17, 15) is 0 Å². The normalized spacial score (nSPS) is 11.8. The van der Waals surface area contributed by atoms with E-state index in [2.05, 4.69) is 48.1 Å². The monoisotopic (exact) mass is 343 g/mol. The molecule has 0 radical (unpaired) electrons. The van der Waals surface area contributed by atoms with Crippen molar-refractivity contribution in [2.24, 2.45) is 0 Å². The topological polar surface area (TPSA) is 51.8 Å². The van der Waals surface area contributed by atoms with Gasteiger partial charge in [0.1, 0.15) is 0 Å². The molecule has 0 unspecified atom stereocenters. The average molecular weight is 343 g/mol. The molecule has 0 atom stereocenters. The zero-order valence-electron chi connectivity index (χ0n) is 15.4. The van der Waals surface area contributed by atoms with Crippen LogP contribution in [0, 0.1) is 6.92 Å². The Kier molecular flexibility index (Phi) is 3.83. The number of aryl methyl sites for hydroxylation is 1. The van der Waals surface area contributed by atoms with Gasteiger partial charge in [0.05, 0.1) is 11.1 Å². The van der Waals surface area contributed by atoms with E-state index in [-0.39, 0.29) is 5.41 Å². The highest BCUT2D eigenvalue weighted by Gasteiger charge is 2.16. The maximum Gasteiger partial charge on any atom is 0.248 e. The van der Waals surface area contributed by atoms with Crippen LogP contribution in [0.2, 0.25) is 0 Å². The summed E-state index contributed by atoms with van der Waals surface area (Å²) in [5.41, 5.74) is 5.08. The Bertz CT molecular complexity index is 1070. The van der Waals surface area contributed by atoms with Crippen molar-refractivity contribution in [3.8, 4) is 22.9 Å². The molecular formula is C22H21N3O. The first-order valence-corrected chi connectivity index (χ1v) is 8.73. The molecule has 130 valence electrons. The van der Waals surface area contributed by atoms with Crippen LogP contribution >= 0.6 is 0 Å². The lowest BCUT2D eigenvalue weighted by molar-refractivity contribution is 0.582. The number of benzene rings is 2. The first-order chi connectivity index (χ1) is 12.4. The predicted molar refractivity (Wildman–Crippen MR) is 104 cm³/mol. The molecule has 0 bridgehead atoms. The van der Waals surface area contributed by atoms with Gasteiger partial charge in [-0.05, 0) is 42.2 Å². The van der Waals surface area contributed by atoms with Gasteiger partial charge in [-0.25, -0.2) is 0 Å². The molecule has 4 nitrogen and oxygen atoms in total. The molecule has 0 saturated heterocycles. The zero-order valence-corrected chi connectivity index (χ0v) is 15.4. The number of para-hydroxylation sites is 1. The molecule has 0 N–H and O–H groups in total. The minimum absolute atomic E-state index is 0.117. The molecule has 0 aliphatic carbocycles. The van der Waals surface area contributed by atoms with E-state index in [1.165, 1.54) is 5.56 Å². The SMILES string of the molecule is Cc1cc(-c2nnc(-c3ccc(C(C)(C)C)cc3)o2)c2ccccc2n1. The van der Waals surface area contributed by atoms with Crippen molar-refractivity contribution in [3.05, 3.63) is 65.9 Å². The second-order valence-corrected chi connectivity index (χ2v) is 7.57. The number of pyridine rings is 1. The summed E-state index contributed by atoms with van der Waals surface area (Å²) < 4.78 is 5.99. The number of hydrogen-bond acceptors (Lipinski definition) is 4. The van der Waals surface area contributed by atoms with E-state index in [1.54, 1.807) is 0 Å². The van der Waals surface area contributed by atoms with Crippen LogP contribution in [0.3, 0.4) is 0 Å². The van der Waals surface area contributed by atoms with Crippen molar-refractivity contribution in [1.82, 2.24) is 15.2 Å². The fraction of sp³-hybridized carbons (Fsp3) is 0.227. The Morgan fingerprint density at radius 3 is 2.27 bits per heavy atom. The van der Waals surface area contributed by atoms with Crippen LogP contribution in [0.4, 0.5) is 0 Å². The second-order valence-electron chi connectivity index (χ2n) is 7.57. The van der Waals surface area contributed by atoms with E-state index in [1.807, 2.05) is 49.4 Å². The van der Waals surface area contributed by atoms with E-state index in [4.69, 9.17) is 4.42 Å². The lowest BCUT2D eigenvalue weighted by Crippen LogP contribution is -2.10. The molecule has 0 amide bonds. The third-order valence-corrected chi connectivity index (χ3v) is 4.50. The summed E-state index contributed by atoms with van der Waals surface area (Å²) in [6, 6.07) is 18.3. The molecule has 4 rings (SSSR count). The van der Waals surface area contributed by atoms with Crippen LogP contribution in [0.15, 0.2) is 59.0 Å². The highest BCUT2D eigenvalue weighted by atomic mass is 16.4. The molecule has 4 heteroatoms. The summed E-state index contributed by atoms with van der Waals surface area (Å²) in [4.78, 5) is 4.57. The van der Waals surface area contributed by atoms with Gasteiger partial charge in [0.2, 0.25) is 11.8 Å². The van der Waals surface area contributed by atoms with Crippen LogP contribution in [-0.4, -0.2) is 15.2 Å². The van der Waals surface area contributed by atoms with Crippen molar-refractivity contribution >= 4 is 10.9 Å². The maximum absolute atomic E-state index is 5.99. The number of rotatable bonds is 2. The van der Waals surface area contributed by atoms with Gasteiger partial charge in [0, 0.05) is 16.6 Å². The van der Waals surface area contributed by atoms with Crippen LogP contribution < -0.4 is 0 Å². The summed E-state index contributed by atoms with van der Waals surface area (Å²) in [6.45, 7) is 8.56. The average Bonchev–Trinajstić information content (AvgIpc) is 3.10. The van der Waals surface area contributed by atoms with E-state index >= 15 is 0 Å². The minimum Gasteiger partial charge on any atom is -0.416 e. The van der Waals surface area contributed by atoms with Crippen molar-refractivity contribution in [2.45, 2.75) is 33.1 Å². The molecule has 0 fully saturated rings. The van der Waals surface area contributed by atoms with Crippen LogP contribution in [0.25, 0.3) is 33.8 Å². The fourth-order valence-electron chi connectivity index (χ4n) is 3.05. The second kappa shape index (κ2) is 6.06. The molecule has 2 aromatic carbocycles. The van der Waals surface area contributed by atoms with Crippen molar-refractivity contribution in [2.75, 3.05) is 0 Å². The number of nitrogens with zero attached hydrogens (tertiary/aromatic N) is 3. The summed E-state index contributed by atoms with van der Waals surface area (Å²) in [6.07, 6.45) is 0. The van der Waals surface area contributed by atoms with Crippen molar-refractivity contribution in [1.29, 1.82) is 0 Å². The van der Waals surface area contributed by atoms with Crippen LogP contribution in [0.5, 0.6) is 0 Å². The first-order valence-electron chi connectivity index (χ1n) is 8.73. The minimum atomic E-state index is 0.117. The number of hydrogen-bond donors (Lipinski definition) is 0. The van der Waals surface area contributed by atoms with Crippen molar-refractivity contribution in [3.63, 3.8) is 0 Å². The Morgan fingerprint density at radius 1 is 0.846 bits per heavy atom. The van der Waals surface area contributed by atoms with Gasteiger partial charge in [-0.3, -0.25) is 4.98 Å². The Hall–Kier alpha value is -3.01. The van der Waals surface area contributed by atoms with Crippen LogP contribution in [-0.2, 0) is 5.41 Å². The molecule has 0 aliphatic heterocycles. The highest BCUT2D eigenvalue weighted by Crippen LogP contribution is 2.31.